The van der Waals surface area contributed by atoms with Gasteiger partial charge in [-0.15, -0.1) is 0 Å². The lowest BCUT2D eigenvalue weighted by molar-refractivity contribution is 0.148. The van der Waals surface area contributed by atoms with Crippen LogP contribution in [0.3, 0.4) is 0 Å². The molecule has 0 bridgehead atoms. The predicted octanol–water partition coefficient (Wildman–Crippen LogP) is 3.02. The normalized spacial score (nSPS) is 13.4. The lowest BCUT2D eigenvalue weighted by atomic mass is 10.2. The monoisotopic (exact) mass is 194 g/mol. The Balaban J connectivity index is 2.56. The van der Waals surface area contributed by atoms with Crippen molar-refractivity contribution >= 4 is 11.0 Å². The van der Waals surface area contributed by atoms with Crippen LogP contribution in [-0.4, -0.2) is 5.11 Å². The molecule has 1 atom stereocenters. The Hall–Kier alpha value is -1.35. The van der Waals surface area contributed by atoms with Crippen LogP contribution >= 0.6 is 0 Å². The standard InChI is InChI=1S/C11H11FO2/c1-2-9(13)10-6-7-4-3-5-8(12)11(7)14-10/h3-6,9,13H,2H2,1H3. The molecule has 1 heterocycles. The molecule has 1 aromatic heterocycles. The molecule has 0 aliphatic heterocycles. The molecular formula is C11H11FO2. The summed E-state index contributed by atoms with van der Waals surface area (Å²) in [6.07, 6.45) is -0.0941. The highest BCUT2D eigenvalue weighted by atomic mass is 19.1. The fraction of sp³-hybridized carbons (Fsp3) is 0.273. The largest absolute Gasteiger partial charge is 0.455 e. The summed E-state index contributed by atoms with van der Waals surface area (Å²) < 4.78 is 18.4. The van der Waals surface area contributed by atoms with E-state index in [1.54, 1.807) is 18.2 Å². The summed E-state index contributed by atoms with van der Waals surface area (Å²) in [6.45, 7) is 1.84. The highest BCUT2D eigenvalue weighted by Gasteiger charge is 2.12. The van der Waals surface area contributed by atoms with Crippen molar-refractivity contribution in [1.29, 1.82) is 0 Å². The van der Waals surface area contributed by atoms with Crippen molar-refractivity contribution in [3.05, 3.63) is 35.8 Å². The fourth-order valence-corrected chi connectivity index (χ4v) is 1.41. The van der Waals surface area contributed by atoms with E-state index >= 15 is 0 Å². The number of aliphatic hydroxyl groups is 1. The van der Waals surface area contributed by atoms with E-state index in [2.05, 4.69) is 0 Å². The molecule has 1 N–H and O–H groups in total. The molecule has 74 valence electrons. The zero-order chi connectivity index (χ0) is 10.1. The number of rotatable bonds is 2. The molecule has 14 heavy (non-hydrogen) atoms. The maximum Gasteiger partial charge on any atom is 0.170 e. The van der Waals surface area contributed by atoms with Crippen molar-refractivity contribution in [2.75, 3.05) is 0 Å². The second-order valence-electron chi connectivity index (χ2n) is 3.23. The van der Waals surface area contributed by atoms with Crippen LogP contribution in [0.25, 0.3) is 11.0 Å². The third kappa shape index (κ3) is 1.40. The van der Waals surface area contributed by atoms with Gasteiger partial charge < -0.3 is 9.52 Å². The lowest BCUT2D eigenvalue weighted by Gasteiger charge is -2.01. The summed E-state index contributed by atoms with van der Waals surface area (Å²) >= 11 is 0. The zero-order valence-corrected chi connectivity index (χ0v) is 7.83. The molecule has 0 spiro atoms. The molecule has 0 aliphatic carbocycles. The predicted molar refractivity (Wildman–Crippen MR) is 51.4 cm³/mol. The number of furan rings is 1. The van der Waals surface area contributed by atoms with Gasteiger partial charge in [-0.25, -0.2) is 4.39 Å². The van der Waals surface area contributed by atoms with Gasteiger partial charge in [-0.05, 0) is 18.6 Å². The van der Waals surface area contributed by atoms with Gasteiger partial charge in [0.1, 0.15) is 11.9 Å². The number of halogens is 1. The van der Waals surface area contributed by atoms with E-state index in [1.807, 2.05) is 6.92 Å². The molecule has 2 nitrogen and oxygen atoms in total. The van der Waals surface area contributed by atoms with Crippen LogP contribution in [0, 0.1) is 5.82 Å². The Morgan fingerprint density at radius 2 is 2.29 bits per heavy atom. The first-order valence-corrected chi connectivity index (χ1v) is 4.58. The van der Waals surface area contributed by atoms with Gasteiger partial charge >= 0.3 is 0 Å². The van der Waals surface area contributed by atoms with Crippen LogP contribution in [0.2, 0.25) is 0 Å². The SMILES string of the molecule is CCC(O)c1cc2cccc(F)c2o1. The van der Waals surface area contributed by atoms with Crippen LogP contribution in [-0.2, 0) is 0 Å². The summed E-state index contributed by atoms with van der Waals surface area (Å²) in [5.41, 5.74) is 0.218. The number of fused-ring (bicyclic) bond motifs is 1. The van der Waals surface area contributed by atoms with Crippen molar-refractivity contribution in [1.82, 2.24) is 0 Å². The van der Waals surface area contributed by atoms with Crippen LogP contribution in [0.1, 0.15) is 25.2 Å². The summed E-state index contributed by atoms with van der Waals surface area (Å²) in [5.74, 6) is 0.0321. The second-order valence-corrected chi connectivity index (χ2v) is 3.23. The van der Waals surface area contributed by atoms with Crippen molar-refractivity contribution < 1.29 is 13.9 Å². The van der Waals surface area contributed by atoms with Gasteiger partial charge in [0.15, 0.2) is 11.4 Å². The van der Waals surface area contributed by atoms with E-state index in [0.29, 0.717) is 17.6 Å². The molecule has 3 heteroatoms. The summed E-state index contributed by atoms with van der Waals surface area (Å²) in [7, 11) is 0. The first-order chi connectivity index (χ1) is 6.72. The third-order valence-electron chi connectivity index (χ3n) is 2.23. The number of hydrogen-bond acceptors (Lipinski definition) is 2. The van der Waals surface area contributed by atoms with Gasteiger partial charge in [0.05, 0.1) is 0 Å². The summed E-state index contributed by atoms with van der Waals surface area (Å²) in [5, 5.41) is 10.2. The summed E-state index contributed by atoms with van der Waals surface area (Å²) in [4.78, 5) is 0. The molecule has 1 aromatic carbocycles. The second kappa shape index (κ2) is 3.42. The molecule has 0 aliphatic rings. The Morgan fingerprint density at radius 3 is 2.93 bits per heavy atom. The first-order valence-electron chi connectivity index (χ1n) is 4.58. The number of benzene rings is 1. The Kier molecular flexibility index (Phi) is 2.25. The number of aliphatic hydroxyl groups excluding tert-OH is 1. The molecule has 0 saturated carbocycles. The quantitative estimate of drug-likeness (QED) is 0.797. The van der Waals surface area contributed by atoms with E-state index in [1.165, 1.54) is 6.07 Å². The Morgan fingerprint density at radius 1 is 1.50 bits per heavy atom. The Labute approximate surface area is 81.0 Å². The first kappa shape index (κ1) is 9.21. The minimum absolute atomic E-state index is 0.218. The number of para-hydroxylation sites is 1. The van der Waals surface area contributed by atoms with E-state index < -0.39 is 11.9 Å². The van der Waals surface area contributed by atoms with Gasteiger partial charge in [0, 0.05) is 5.39 Å². The fourth-order valence-electron chi connectivity index (χ4n) is 1.41. The van der Waals surface area contributed by atoms with E-state index in [-0.39, 0.29) is 5.58 Å². The molecule has 0 amide bonds. The minimum Gasteiger partial charge on any atom is -0.455 e. The van der Waals surface area contributed by atoms with Crippen molar-refractivity contribution in [2.24, 2.45) is 0 Å². The van der Waals surface area contributed by atoms with E-state index in [4.69, 9.17) is 4.42 Å². The average Bonchev–Trinajstić information content (AvgIpc) is 2.62. The summed E-state index contributed by atoms with van der Waals surface area (Å²) in [6, 6.07) is 6.39. The van der Waals surface area contributed by atoms with Gasteiger partial charge in [-0.1, -0.05) is 19.1 Å². The van der Waals surface area contributed by atoms with Crippen LogP contribution in [0.5, 0.6) is 0 Å². The number of hydrogen-bond donors (Lipinski definition) is 1. The van der Waals surface area contributed by atoms with Crippen LogP contribution < -0.4 is 0 Å². The molecule has 0 saturated heterocycles. The topological polar surface area (TPSA) is 33.4 Å². The Bertz CT molecular complexity index is 447. The molecule has 0 fully saturated rings. The highest BCUT2D eigenvalue weighted by Crippen LogP contribution is 2.26. The molecule has 0 radical (unpaired) electrons. The third-order valence-corrected chi connectivity index (χ3v) is 2.23. The van der Waals surface area contributed by atoms with E-state index in [0.717, 1.165) is 0 Å². The zero-order valence-electron chi connectivity index (χ0n) is 7.83. The van der Waals surface area contributed by atoms with Crippen LogP contribution in [0.15, 0.2) is 28.7 Å². The van der Waals surface area contributed by atoms with Gasteiger partial charge in [-0.2, -0.15) is 0 Å². The van der Waals surface area contributed by atoms with Crippen molar-refractivity contribution in [2.45, 2.75) is 19.4 Å². The van der Waals surface area contributed by atoms with Crippen molar-refractivity contribution in [3.8, 4) is 0 Å². The van der Waals surface area contributed by atoms with Gasteiger partial charge in [-0.3, -0.25) is 0 Å². The molecule has 1 unspecified atom stereocenters. The minimum atomic E-state index is -0.651. The van der Waals surface area contributed by atoms with Gasteiger partial charge in [0.2, 0.25) is 0 Å². The molecular weight excluding hydrogens is 183 g/mol. The smallest absolute Gasteiger partial charge is 0.170 e. The maximum atomic E-state index is 13.2. The van der Waals surface area contributed by atoms with Crippen LogP contribution in [0.4, 0.5) is 4.39 Å². The highest BCUT2D eigenvalue weighted by molar-refractivity contribution is 5.78. The molecule has 2 rings (SSSR count). The lowest BCUT2D eigenvalue weighted by Crippen LogP contribution is -1.91. The van der Waals surface area contributed by atoms with Gasteiger partial charge in [0.25, 0.3) is 0 Å². The van der Waals surface area contributed by atoms with E-state index in [9.17, 15) is 9.50 Å². The maximum absolute atomic E-state index is 13.2. The molecule has 2 aromatic rings. The average molecular weight is 194 g/mol. The van der Waals surface area contributed by atoms with Crippen molar-refractivity contribution in [3.63, 3.8) is 0 Å².